The molecular formula is C26H24F6O4S. The molecule has 4 nitrogen and oxygen atoms in total. The number of carbonyl (C=O) groups excluding carboxylic acids is 1. The number of carbonyl (C=O) groups is 1. The number of benzene rings is 3. The maximum Gasteiger partial charge on any atom is 0.431 e. The lowest BCUT2D eigenvalue weighted by Gasteiger charge is -2.32. The lowest BCUT2D eigenvalue weighted by atomic mass is 10.0. The molecule has 0 unspecified atom stereocenters. The van der Waals surface area contributed by atoms with Crippen molar-refractivity contribution in [1.29, 1.82) is 0 Å². The molecule has 0 aliphatic heterocycles. The largest absolute Gasteiger partial charge is 0.546 e. The van der Waals surface area contributed by atoms with E-state index in [9.17, 15) is 36.2 Å². The van der Waals surface area contributed by atoms with Crippen LogP contribution >= 0.6 is 0 Å². The fourth-order valence-electron chi connectivity index (χ4n) is 2.91. The normalized spacial score (nSPS) is 12.5. The van der Waals surface area contributed by atoms with Gasteiger partial charge >= 0.3 is 12.4 Å². The smallest absolute Gasteiger partial charge is 0.431 e. The van der Waals surface area contributed by atoms with E-state index in [1.54, 1.807) is 0 Å². The van der Waals surface area contributed by atoms with Crippen LogP contribution in [0.1, 0.15) is 20.8 Å². The van der Waals surface area contributed by atoms with Gasteiger partial charge in [0.2, 0.25) is 0 Å². The summed E-state index contributed by atoms with van der Waals surface area (Å²) in [4.78, 5) is 13.5. The van der Waals surface area contributed by atoms with Crippen LogP contribution in [0.3, 0.4) is 0 Å². The van der Waals surface area contributed by atoms with Crippen molar-refractivity contribution in [3.8, 4) is 5.75 Å². The number of rotatable bonds is 5. The van der Waals surface area contributed by atoms with E-state index >= 15 is 0 Å². The molecule has 0 heterocycles. The molecule has 0 saturated carbocycles. The SMILES string of the molecule is CC(C)(C)Oc1ccc([S+](c2ccccc2)c2ccccc2)cc1.O=C([O-])C(O)(C(F)(F)F)C(F)(F)F. The fraction of sp³-hybridized carbons (Fsp3) is 0.269. The predicted octanol–water partition coefficient (Wildman–Crippen LogP) is 5.55. The summed E-state index contributed by atoms with van der Waals surface area (Å²) in [5.74, 6) is -2.75. The Kier molecular flexibility index (Phi) is 9.32. The van der Waals surface area contributed by atoms with Crippen molar-refractivity contribution >= 4 is 16.9 Å². The van der Waals surface area contributed by atoms with E-state index in [2.05, 4.69) is 106 Å². The Morgan fingerprint density at radius 3 is 1.32 bits per heavy atom. The summed E-state index contributed by atoms with van der Waals surface area (Å²) in [5.41, 5.74) is -6.00. The molecule has 200 valence electrons. The lowest BCUT2D eigenvalue weighted by molar-refractivity contribution is -0.402. The number of hydrogen-bond acceptors (Lipinski definition) is 4. The summed E-state index contributed by atoms with van der Waals surface area (Å²) in [6.45, 7) is 6.21. The number of halogens is 6. The van der Waals surface area contributed by atoms with Crippen molar-refractivity contribution in [2.24, 2.45) is 0 Å². The van der Waals surface area contributed by atoms with Crippen molar-refractivity contribution < 1.29 is 46.1 Å². The van der Waals surface area contributed by atoms with Gasteiger partial charge < -0.3 is 19.7 Å². The number of aliphatic hydroxyl groups is 1. The Hall–Kier alpha value is -3.18. The molecule has 0 radical (unpaired) electrons. The van der Waals surface area contributed by atoms with Crippen LogP contribution in [0, 0.1) is 0 Å². The minimum atomic E-state index is -6.37. The highest BCUT2D eigenvalue weighted by atomic mass is 32.2. The number of alkyl halides is 6. The molecule has 0 fully saturated rings. The second-order valence-corrected chi connectivity index (χ2v) is 10.6. The van der Waals surface area contributed by atoms with Gasteiger partial charge in [-0.2, -0.15) is 26.3 Å². The summed E-state index contributed by atoms with van der Waals surface area (Å²) in [5, 5.41) is 17.4. The lowest BCUT2D eigenvalue weighted by Crippen LogP contribution is -2.66. The number of carboxylic acid groups (broad SMARTS) is 1. The Morgan fingerprint density at radius 2 is 1.05 bits per heavy atom. The molecule has 0 amide bonds. The van der Waals surface area contributed by atoms with Crippen LogP contribution in [0.4, 0.5) is 26.3 Å². The van der Waals surface area contributed by atoms with Crippen LogP contribution in [-0.4, -0.2) is 34.6 Å². The average molecular weight is 547 g/mol. The summed E-state index contributed by atoms with van der Waals surface area (Å²) < 4.78 is 74.7. The Balaban J connectivity index is 0.000000317. The number of ether oxygens (including phenoxy) is 1. The molecule has 0 aliphatic carbocycles. The van der Waals surface area contributed by atoms with E-state index in [-0.39, 0.29) is 16.5 Å². The molecule has 0 saturated heterocycles. The molecule has 11 heteroatoms. The third-order valence-electron chi connectivity index (χ3n) is 4.56. The molecule has 37 heavy (non-hydrogen) atoms. The van der Waals surface area contributed by atoms with Gasteiger partial charge in [0.25, 0.3) is 5.60 Å². The van der Waals surface area contributed by atoms with Gasteiger partial charge in [-0.15, -0.1) is 0 Å². The van der Waals surface area contributed by atoms with Crippen molar-refractivity contribution in [2.45, 2.75) is 59.0 Å². The molecule has 1 N–H and O–H groups in total. The summed E-state index contributed by atoms with van der Waals surface area (Å²) in [6, 6.07) is 29.9. The van der Waals surface area contributed by atoms with Crippen molar-refractivity contribution in [2.75, 3.05) is 0 Å². The summed E-state index contributed by atoms with van der Waals surface area (Å²) >= 11 is 0. The highest BCUT2D eigenvalue weighted by Crippen LogP contribution is 2.42. The van der Waals surface area contributed by atoms with E-state index in [0.29, 0.717) is 0 Å². The quantitative estimate of drug-likeness (QED) is 0.337. The summed E-state index contributed by atoms with van der Waals surface area (Å²) in [6.07, 6.45) is -12.7. The molecule has 0 atom stereocenters. The minimum absolute atomic E-state index is 0.102. The maximum absolute atomic E-state index is 11.5. The van der Waals surface area contributed by atoms with Crippen LogP contribution in [-0.2, 0) is 15.7 Å². The van der Waals surface area contributed by atoms with E-state index in [1.807, 2.05) is 0 Å². The third kappa shape index (κ3) is 7.65. The van der Waals surface area contributed by atoms with Crippen molar-refractivity contribution in [1.82, 2.24) is 0 Å². The average Bonchev–Trinajstić information content (AvgIpc) is 2.79. The van der Waals surface area contributed by atoms with Crippen LogP contribution < -0.4 is 9.84 Å². The Labute approximate surface area is 212 Å². The number of hydrogen-bond donors (Lipinski definition) is 1. The first-order valence-electron chi connectivity index (χ1n) is 10.7. The molecular weight excluding hydrogens is 522 g/mol. The zero-order chi connectivity index (χ0) is 28.1. The number of carboxylic acids is 1. The zero-order valence-corrected chi connectivity index (χ0v) is 20.7. The Bertz CT molecular complexity index is 1090. The van der Waals surface area contributed by atoms with Crippen LogP contribution in [0.15, 0.2) is 99.6 Å². The second kappa shape index (κ2) is 11.5. The monoisotopic (exact) mass is 546 g/mol. The van der Waals surface area contributed by atoms with Gasteiger partial charge in [-0.1, -0.05) is 36.4 Å². The molecule has 3 aromatic rings. The molecule has 3 rings (SSSR count). The van der Waals surface area contributed by atoms with Crippen molar-refractivity contribution in [3.05, 3.63) is 84.9 Å². The standard InChI is InChI=1S/C22H23OS.C4H2F6O3/c1-22(2,3)23-18-14-16-21(17-15-18)24(19-10-6-4-7-11-19)20-12-8-5-9-13-20;5-3(6,7)2(13,1(11)12)4(8,9)10/h4-17H,1-3H3;13H,(H,11,12)/q+1;/p-1. The van der Waals surface area contributed by atoms with Crippen LogP contribution in [0.2, 0.25) is 0 Å². The first-order chi connectivity index (χ1) is 17.0. The van der Waals surface area contributed by atoms with E-state index in [4.69, 9.17) is 9.84 Å². The third-order valence-corrected chi connectivity index (χ3v) is 6.79. The zero-order valence-electron chi connectivity index (χ0n) is 19.9. The van der Waals surface area contributed by atoms with E-state index < -0.39 is 23.9 Å². The first-order valence-corrected chi connectivity index (χ1v) is 11.9. The summed E-state index contributed by atoms with van der Waals surface area (Å²) in [7, 11) is -0.102. The van der Waals surface area contributed by atoms with Gasteiger partial charge in [-0.05, 0) is 69.3 Å². The van der Waals surface area contributed by atoms with Gasteiger partial charge in [0.15, 0.2) is 14.7 Å². The van der Waals surface area contributed by atoms with Gasteiger partial charge in [-0.25, -0.2) is 0 Å². The first kappa shape index (κ1) is 30.0. The number of aliphatic carboxylic acids is 1. The fourth-order valence-corrected chi connectivity index (χ4v) is 4.99. The molecule has 0 bridgehead atoms. The second-order valence-electron chi connectivity index (χ2n) is 8.61. The van der Waals surface area contributed by atoms with E-state index in [1.165, 1.54) is 14.7 Å². The van der Waals surface area contributed by atoms with Gasteiger partial charge in [0.1, 0.15) is 11.4 Å². The minimum Gasteiger partial charge on any atom is -0.546 e. The Morgan fingerprint density at radius 1 is 0.703 bits per heavy atom. The van der Waals surface area contributed by atoms with Crippen LogP contribution in [0.25, 0.3) is 0 Å². The van der Waals surface area contributed by atoms with Gasteiger partial charge in [0, 0.05) is 0 Å². The molecule has 3 aromatic carbocycles. The van der Waals surface area contributed by atoms with Gasteiger partial charge in [-0.3, -0.25) is 0 Å². The highest BCUT2D eigenvalue weighted by Gasteiger charge is 2.71. The van der Waals surface area contributed by atoms with Gasteiger partial charge in [0.05, 0.1) is 16.9 Å². The van der Waals surface area contributed by atoms with Crippen LogP contribution in [0.5, 0.6) is 5.75 Å². The maximum atomic E-state index is 11.5. The molecule has 0 aromatic heterocycles. The van der Waals surface area contributed by atoms with Crippen molar-refractivity contribution in [3.63, 3.8) is 0 Å². The highest BCUT2D eigenvalue weighted by molar-refractivity contribution is 7.97. The molecule has 0 aliphatic rings. The molecule has 0 spiro atoms. The topological polar surface area (TPSA) is 69.6 Å². The van der Waals surface area contributed by atoms with E-state index in [0.717, 1.165) is 5.75 Å². The predicted molar refractivity (Wildman–Crippen MR) is 124 cm³/mol.